The molecule has 110 valence electrons. The summed E-state index contributed by atoms with van der Waals surface area (Å²) >= 11 is 17.3. The van der Waals surface area contributed by atoms with E-state index >= 15 is 0 Å². The summed E-state index contributed by atoms with van der Waals surface area (Å²) < 4.78 is 13.3. The molecule has 0 unspecified atom stereocenters. The zero-order valence-electron chi connectivity index (χ0n) is 10.7. The molecule has 0 fully saturated rings. The van der Waals surface area contributed by atoms with Crippen LogP contribution in [0.15, 0.2) is 24.3 Å². The van der Waals surface area contributed by atoms with Crippen LogP contribution in [0.5, 0.6) is 0 Å². The molecule has 2 rings (SSSR count). The number of aromatic nitrogens is 1. The van der Waals surface area contributed by atoms with Crippen LogP contribution in [0, 0.1) is 5.82 Å². The monoisotopic (exact) mass is 347 g/mol. The Morgan fingerprint density at radius 2 is 1.76 bits per heavy atom. The zero-order chi connectivity index (χ0) is 15.6. The third kappa shape index (κ3) is 3.56. The smallest absolute Gasteiger partial charge is 0.275 e. The summed E-state index contributed by atoms with van der Waals surface area (Å²) in [5, 5.41) is 5.11. The van der Waals surface area contributed by atoms with Gasteiger partial charge >= 0.3 is 0 Å². The minimum absolute atomic E-state index is 0.0279. The number of pyridine rings is 1. The quantitative estimate of drug-likeness (QED) is 0.804. The summed E-state index contributed by atoms with van der Waals surface area (Å²) in [6.45, 7) is 0. The number of carbonyl (C=O) groups is 1. The van der Waals surface area contributed by atoms with Crippen LogP contribution < -0.4 is 10.6 Å². The SMILES string of the molecule is CNc1ccc(Cl)c(C(=O)Nc2cc(Cl)c(F)c(Cl)c2)n1. The maximum absolute atomic E-state index is 13.3. The lowest BCUT2D eigenvalue weighted by atomic mass is 10.2. The van der Waals surface area contributed by atoms with Crippen molar-refractivity contribution in [1.82, 2.24) is 4.98 Å². The van der Waals surface area contributed by atoms with Crippen molar-refractivity contribution in [3.8, 4) is 0 Å². The van der Waals surface area contributed by atoms with Gasteiger partial charge in [0.25, 0.3) is 5.91 Å². The van der Waals surface area contributed by atoms with E-state index in [1.54, 1.807) is 19.2 Å². The van der Waals surface area contributed by atoms with E-state index < -0.39 is 11.7 Å². The molecule has 1 aromatic heterocycles. The van der Waals surface area contributed by atoms with Crippen LogP contribution in [0.4, 0.5) is 15.9 Å². The fraction of sp³-hybridized carbons (Fsp3) is 0.0769. The molecule has 0 saturated heterocycles. The number of hydrogen-bond acceptors (Lipinski definition) is 3. The molecule has 21 heavy (non-hydrogen) atoms. The molecule has 1 heterocycles. The molecule has 0 spiro atoms. The van der Waals surface area contributed by atoms with Gasteiger partial charge in [-0.2, -0.15) is 0 Å². The van der Waals surface area contributed by atoms with E-state index in [1.807, 2.05) is 0 Å². The van der Waals surface area contributed by atoms with E-state index in [1.165, 1.54) is 12.1 Å². The van der Waals surface area contributed by atoms with Gasteiger partial charge in [-0.3, -0.25) is 4.79 Å². The number of hydrogen-bond donors (Lipinski definition) is 2. The van der Waals surface area contributed by atoms with E-state index in [9.17, 15) is 9.18 Å². The van der Waals surface area contributed by atoms with Crippen molar-refractivity contribution in [3.63, 3.8) is 0 Å². The average molecular weight is 349 g/mol. The lowest BCUT2D eigenvalue weighted by Gasteiger charge is -2.09. The first-order valence-electron chi connectivity index (χ1n) is 5.72. The van der Waals surface area contributed by atoms with E-state index in [0.29, 0.717) is 5.82 Å². The van der Waals surface area contributed by atoms with Crippen molar-refractivity contribution >= 4 is 52.2 Å². The van der Waals surface area contributed by atoms with Gasteiger partial charge in [-0.1, -0.05) is 34.8 Å². The van der Waals surface area contributed by atoms with Gasteiger partial charge in [-0.25, -0.2) is 9.37 Å². The summed E-state index contributed by atoms with van der Waals surface area (Å²) in [6, 6.07) is 5.66. The molecule has 4 nitrogen and oxygen atoms in total. The molecule has 0 radical (unpaired) electrons. The van der Waals surface area contributed by atoms with Crippen LogP contribution in [0.1, 0.15) is 10.5 Å². The standard InChI is InChI=1S/C13H9Cl3FN3O/c1-18-10-3-2-7(14)12(20-10)13(21)19-6-4-8(15)11(17)9(16)5-6/h2-5H,1H3,(H,18,20)(H,19,21). The molecule has 0 bridgehead atoms. The van der Waals surface area contributed by atoms with Crippen LogP contribution >= 0.6 is 34.8 Å². The van der Waals surface area contributed by atoms with Gasteiger partial charge in [0.2, 0.25) is 0 Å². The summed E-state index contributed by atoms with van der Waals surface area (Å²) in [7, 11) is 1.66. The van der Waals surface area contributed by atoms with Crippen molar-refractivity contribution < 1.29 is 9.18 Å². The molecule has 0 aliphatic carbocycles. The Hall–Kier alpha value is -1.56. The third-order valence-electron chi connectivity index (χ3n) is 2.56. The van der Waals surface area contributed by atoms with E-state index in [-0.39, 0.29) is 26.4 Å². The molecule has 2 N–H and O–H groups in total. The highest BCUT2D eigenvalue weighted by Crippen LogP contribution is 2.28. The van der Waals surface area contributed by atoms with E-state index in [2.05, 4.69) is 15.6 Å². The fourth-order valence-corrected chi connectivity index (χ4v) is 2.24. The number of anilines is 2. The zero-order valence-corrected chi connectivity index (χ0v) is 12.9. The summed E-state index contributed by atoms with van der Waals surface area (Å²) in [5.41, 5.74) is 0.268. The normalized spacial score (nSPS) is 10.3. The second kappa shape index (κ2) is 6.47. The lowest BCUT2D eigenvalue weighted by molar-refractivity contribution is 0.102. The van der Waals surface area contributed by atoms with Gasteiger partial charge in [0.1, 0.15) is 11.5 Å². The van der Waals surface area contributed by atoms with Gasteiger partial charge in [-0.05, 0) is 24.3 Å². The Morgan fingerprint density at radius 3 is 2.33 bits per heavy atom. The fourth-order valence-electron chi connectivity index (χ4n) is 1.56. The third-order valence-corrected chi connectivity index (χ3v) is 3.41. The van der Waals surface area contributed by atoms with Gasteiger partial charge in [0, 0.05) is 12.7 Å². The van der Waals surface area contributed by atoms with E-state index in [0.717, 1.165) is 0 Å². The molecular weight excluding hydrogens is 340 g/mol. The van der Waals surface area contributed by atoms with Crippen LogP contribution in [0.2, 0.25) is 15.1 Å². The first-order chi connectivity index (χ1) is 9.92. The second-order valence-corrected chi connectivity index (χ2v) is 5.21. The van der Waals surface area contributed by atoms with Gasteiger partial charge in [0.15, 0.2) is 5.82 Å². The van der Waals surface area contributed by atoms with Gasteiger partial charge in [0.05, 0.1) is 15.1 Å². The number of halogens is 4. The summed E-state index contributed by atoms with van der Waals surface area (Å²) in [5.74, 6) is -0.819. The highest BCUT2D eigenvalue weighted by molar-refractivity contribution is 6.36. The molecule has 1 amide bonds. The maximum atomic E-state index is 13.3. The summed E-state index contributed by atoms with van der Waals surface area (Å²) in [6.07, 6.45) is 0. The Balaban J connectivity index is 2.30. The lowest BCUT2D eigenvalue weighted by Crippen LogP contribution is -2.15. The Morgan fingerprint density at radius 1 is 1.14 bits per heavy atom. The molecule has 2 aromatic rings. The molecule has 0 aliphatic heterocycles. The van der Waals surface area contributed by atoms with Crippen LogP contribution in [-0.4, -0.2) is 17.9 Å². The highest BCUT2D eigenvalue weighted by Gasteiger charge is 2.15. The molecular formula is C13H9Cl3FN3O. The predicted octanol–water partition coefficient (Wildman–Crippen LogP) is 4.47. The van der Waals surface area contributed by atoms with Crippen LogP contribution in [0.25, 0.3) is 0 Å². The van der Waals surface area contributed by atoms with Gasteiger partial charge < -0.3 is 10.6 Å². The van der Waals surface area contributed by atoms with E-state index in [4.69, 9.17) is 34.8 Å². The minimum Gasteiger partial charge on any atom is -0.373 e. The maximum Gasteiger partial charge on any atom is 0.275 e. The first-order valence-corrected chi connectivity index (χ1v) is 6.86. The number of benzene rings is 1. The Kier molecular flexibility index (Phi) is 4.88. The minimum atomic E-state index is -0.746. The molecule has 0 saturated carbocycles. The van der Waals surface area contributed by atoms with Crippen molar-refractivity contribution in [3.05, 3.63) is 50.8 Å². The largest absolute Gasteiger partial charge is 0.373 e. The number of nitrogens with one attached hydrogen (secondary N) is 2. The van der Waals surface area contributed by atoms with Crippen molar-refractivity contribution in [2.24, 2.45) is 0 Å². The van der Waals surface area contributed by atoms with Crippen molar-refractivity contribution in [2.45, 2.75) is 0 Å². The van der Waals surface area contributed by atoms with Crippen molar-refractivity contribution in [1.29, 1.82) is 0 Å². The number of carbonyl (C=O) groups excluding carboxylic acids is 1. The number of nitrogens with zero attached hydrogens (tertiary/aromatic N) is 1. The highest BCUT2D eigenvalue weighted by atomic mass is 35.5. The average Bonchev–Trinajstić information content (AvgIpc) is 2.45. The second-order valence-electron chi connectivity index (χ2n) is 3.98. The van der Waals surface area contributed by atoms with Crippen molar-refractivity contribution in [2.75, 3.05) is 17.7 Å². The van der Waals surface area contributed by atoms with Crippen LogP contribution in [0.3, 0.4) is 0 Å². The topological polar surface area (TPSA) is 54.0 Å². The van der Waals surface area contributed by atoms with Gasteiger partial charge in [-0.15, -0.1) is 0 Å². The summed E-state index contributed by atoms with van der Waals surface area (Å²) in [4.78, 5) is 16.2. The Bertz CT molecular complexity index is 686. The van der Waals surface area contributed by atoms with Crippen LogP contribution in [-0.2, 0) is 0 Å². The number of rotatable bonds is 3. The molecule has 8 heteroatoms. The number of amides is 1. The first kappa shape index (κ1) is 15.8. The predicted molar refractivity (Wildman–Crippen MR) is 83.2 cm³/mol. The molecule has 1 aromatic carbocycles. The Labute approximate surface area is 135 Å². The molecule has 0 aliphatic rings. The molecule has 0 atom stereocenters.